The Morgan fingerprint density at radius 3 is 1.57 bits per heavy atom. The Bertz CT molecular complexity index is 66.2. The van der Waals surface area contributed by atoms with Crippen molar-refractivity contribution in [2.45, 2.75) is 0 Å². The summed E-state index contributed by atoms with van der Waals surface area (Å²) in [7, 11) is 0. The number of hydrogen-bond donors (Lipinski definition) is 2. The molecule has 0 radical (unpaired) electrons. The Kier molecular flexibility index (Phi) is 7.00. The maximum atomic E-state index is 2.86. The van der Waals surface area contributed by atoms with Crippen LogP contribution in [0.2, 0.25) is 0 Å². The topological polar surface area (TPSA) is 50.8 Å². The standard InChI is InChI=1S/C4H5N.FH.H3N/c1-2-4-5-3-1;;/h1-5H;1H;1H3. The van der Waals surface area contributed by atoms with E-state index >= 15 is 0 Å². The number of halogens is 1. The average molecular weight is 104 g/mol. The molecule has 42 valence electrons. The second-order valence-corrected chi connectivity index (χ2v) is 0.885. The molecule has 0 aliphatic heterocycles. The maximum Gasteiger partial charge on any atom is 0.000496 e. The first-order valence-electron chi connectivity index (χ1n) is 1.58. The molecular weight excluding hydrogens is 95.1 g/mol. The first-order valence-corrected chi connectivity index (χ1v) is 1.58. The van der Waals surface area contributed by atoms with Crippen LogP contribution in [0.4, 0.5) is 4.70 Å². The predicted molar refractivity (Wildman–Crippen MR) is 28.3 cm³/mol. The first kappa shape index (κ1) is 9.48. The zero-order valence-corrected chi connectivity index (χ0v) is 3.92. The van der Waals surface area contributed by atoms with Crippen molar-refractivity contribution in [1.82, 2.24) is 11.1 Å². The van der Waals surface area contributed by atoms with Crippen LogP contribution in [-0.4, -0.2) is 4.98 Å². The van der Waals surface area contributed by atoms with E-state index in [0.717, 1.165) is 0 Å². The Balaban J connectivity index is 0. The third-order valence-corrected chi connectivity index (χ3v) is 0.496. The van der Waals surface area contributed by atoms with Gasteiger partial charge in [0.1, 0.15) is 0 Å². The summed E-state index contributed by atoms with van der Waals surface area (Å²) in [6, 6.07) is 3.89. The van der Waals surface area contributed by atoms with Crippen LogP contribution in [0.15, 0.2) is 24.5 Å². The number of aromatic nitrogens is 1. The van der Waals surface area contributed by atoms with Crippen LogP contribution in [0.1, 0.15) is 0 Å². The molecule has 0 aliphatic rings. The van der Waals surface area contributed by atoms with Crippen molar-refractivity contribution in [2.24, 2.45) is 0 Å². The van der Waals surface area contributed by atoms with E-state index < -0.39 is 0 Å². The molecule has 3 heteroatoms. The van der Waals surface area contributed by atoms with Crippen molar-refractivity contribution in [1.29, 1.82) is 0 Å². The molecule has 7 heavy (non-hydrogen) atoms. The molecule has 0 aliphatic carbocycles. The Morgan fingerprint density at radius 2 is 1.43 bits per heavy atom. The van der Waals surface area contributed by atoms with Gasteiger partial charge in [-0.25, -0.2) is 0 Å². The van der Waals surface area contributed by atoms with Gasteiger partial charge >= 0.3 is 0 Å². The Hall–Kier alpha value is -0.830. The molecule has 0 atom stereocenters. The second kappa shape index (κ2) is 5.17. The summed E-state index contributed by atoms with van der Waals surface area (Å²) in [5.74, 6) is 0. The smallest absolute Gasteiger partial charge is 0.000496 e. The van der Waals surface area contributed by atoms with Gasteiger partial charge in [-0.15, -0.1) is 0 Å². The van der Waals surface area contributed by atoms with Gasteiger partial charge in [-0.2, -0.15) is 0 Å². The fraction of sp³-hybridized carbons (Fsp3) is 0. The van der Waals surface area contributed by atoms with Crippen molar-refractivity contribution in [3.05, 3.63) is 24.5 Å². The quantitative estimate of drug-likeness (QED) is 0.512. The minimum Gasteiger partial charge on any atom is -0.368 e. The fourth-order valence-electron chi connectivity index (χ4n) is 0.278. The maximum absolute atomic E-state index is 2.86. The van der Waals surface area contributed by atoms with Crippen molar-refractivity contribution < 1.29 is 4.70 Å². The van der Waals surface area contributed by atoms with Crippen LogP contribution < -0.4 is 6.15 Å². The largest absolute Gasteiger partial charge is 0.368 e. The Labute approximate surface area is 41.5 Å². The van der Waals surface area contributed by atoms with Gasteiger partial charge < -0.3 is 11.1 Å². The van der Waals surface area contributed by atoms with Gasteiger partial charge in [0, 0.05) is 12.4 Å². The number of nitrogens with one attached hydrogen (secondary N) is 1. The van der Waals surface area contributed by atoms with E-state index in [2.05, 4.69) is 4.98 Å². The minimum atomic E-state index is 0. The molecule has 0 saturated heterocycles. The third-order valence-electron chi connectivity index (χ3n) is 0.496. The summed E-state index contributed by atoms with van der Waals surface area (Å²) < 4.78 is 0. The first-order chi connectivity index (χ1) is 2.50. The second-order valence-electron chi connectivity index (χ2n) is 0.885. The lowest BCUT2D eigenvalue weighted by molar-refractivity contribution is 1.11. The molecule has 0 fully saturated rings. The molecule has 0 spiro atoms. The lowest BCUT2D eigenvalue weighted by Gasteiger charge is -1.49. The summed E-state index contributed by atoms with van der Waals surface area (Å²) in [5, 5.41) is 0. The zero-order valence-electron chi connectivity index (χ0n) is 3.92. The molecule has 0 saturated carbocycles. The van der Waals surface area contributed by atoms with Crippen LogP contribution in [0.5, 0.6) is 0 Å². The van der Waals surface area contributed by atoms with E-state index in [1.54, 1.807) is 0 Å². The molecular formula is C4H9FN2. The molecule has 0 amide bonds. The molecule has 0 unspecified atom stereocenters. The molecule has 1 aromatic rings. The number of rotatable bonds is 0. The van der Waals surface area contributed by atoms with Gasteiger partial charge in [0.05, 0.1) is 0 Å². The van der Waals surface area contributed by atoms with Gasteiger partial charge in [-0.05, 0) is 12.1 Å². The highest BCUT2D eigenvalue weighted by molar-refractivity contribution is 4.84. The third kappa shape index (κ3) is 2.99. The summed E-state index contributed by atoms with van der Waals surface area (Å²) in [5.41, 5.74) is 0. The van der Waals surface area contributed by atoms with E-state index in [9.17, 15) is 0 Å². The van der Waals surface area contributed by atoms with Gasteiger partial charge in [0.2, 0.25) is 0 Å². The molecule has 1 heterocycles. The van der Waals surface area contributed by atoms with Gasteiger partial charge in [0.15, 0.2) is 0 Å². The summed E-state index contributed by atoms with van der Waals surface area (Å²) in [6.45, 7) is 0. The van der Waals surface area contributed by atoms with Crippen LogP contribution >= 0.6 is 0 Å². The van der Waals surface area contributed by atoms with E-state index in [1.807, 2.05) is 24.5 Å². The summed E-state index contributed by atoms with van der Waals surface area (Å²) >= 11 is 0. The van der Waals surface area contributed by atoms with E-state index in [-0.39, 0.29) is 10.9 Å². The zero-order chi connectivity index (χ0) is 3.54. The number of hydrogen-bond acceptors (Lipinski definition) is 1. The van der Waals surface area contributed by atoms with E-state index in [0.29, 0.717) is 0 Å². The SMILES string of the molecule is F.N.c1cc[nH]c1. The van der Waals surface area contributed by atoms with Crippen LogP contribution in [0.3, 0.4) is 0 Å². The van der Waals surface area contributed by atoms with Crippen LogP contribution in [0, 0.1) is 0 Å². The van der Waals surface area contributed by atoms with Gasteiger partial charge in [-0.1, -0.05) is 0 Å². The van der Waals surface area contributed by atoms with Crippen molar-refractivity contribution in [2.75, 3.05) is 0 Å². The molecule has 0 aromatic carbocycles. The molecule has 0 bridgehead atoms. The summed E-state index contributed by atoms with van der Waals surface area (Å²) in [6.07, 6.45) is 3.75. The van der Waals surface area contributed by atoms with Gasteiger partial charge in [-0.3, -0.25) is 4.70 Å². The Morgan fingerprint density at radius 1 is 1.00 bits per heavy atom. The molecule has 4 N–H and O–H groups in total. The minimum absolute atomic E-state index is 0. The average Bonchev–Trinajstić information content (AvgIpc) is 1.76. The van der Waals surface area contributed by atoms with E-state index in [4.69, 9.17) is 0 Å². The highest BCUT2D eigenvalue weighted by Crippen LogP contribution is 1.72. The monoisotopic (exact) mass is 104 g/mol. The molecule has 1 rings (SSSR count). The van der Waals surface area contributed by atoms with Crippen LogP contribution in [0.25, 0.3) is 0 Å². The van der Waals surface area contributed by atoms with Crippen LogP contribution in [-0.2, 0) is 0 Å². The molecule has 2 nitrogen and oxygen atoms in total. The fourth-order valence-corrected chi connectivity index (χ4v) is 0.278. The highest BCUT2D eigenvalue weighted by atomic mass is 19.0. The van der Waals surface area contributed by atoms with E-state index in [1.165, 1.54) is 0 Å². The van der Waals surface area contributed by atoms with Crippen molar-refractivity contribution in [3.63, 3.8) is 0 Å². The lowest BCUT2D eigenvalue weighted by atomic mass is 10.7. The number of H-pyrrole nitrogens is 1. The molecule has 1 aromatic heterocycles. The normalized spacial score (nSPS) is 5.71. The summed E-state index contributed by atoms with van der Waals surface area (Å²) in [4.78, 5) is 2.86. The van der Waals surface area contributed by atoms with Gasteiger partial charge in [0.25, 0.3) is 0 Å². The number of aromatic amines is 1. The van der Waals surface area contributed by atoms with Crippen molar-refractivity contribution in [3.8, 4) is 0 Å². The lowest BCUT2D eigenvalue weighted by Crippen LogP contribution is -1.38. The predicted octanol–water partition coefficient (Wildman–Crippen LogP) is 1.33. The van der Waals surface area contributed by atoms with Crippen molar-refractivity contribution >= 4 is 0 Å². The highest BCUT2D eigenvalue weighted by Gasteiger charge is 1.55.